The molecule has 2 unspecified atom stereocenters. The highest BCUT2D eigenvalue weighted by molar-refractivity contribution is 5.93. The lowest BCUT2D eigenvalue weighted by atomic mass is 9.88. The fourth-order valence-corrected chi connectivity index (χ4v) is 3.62. The summed E-state index contributed by atoms with van der Waals surface area (Å²) in [6.07, 6.45) is 2.59. The van der Waals surface area contributed by atoms with E-state index in [2.05, 4.69) is 36.5 Å². The summed E-state index contributed by atoms with van der Waals surface area (Å²) >= 11 is 0. The number of carbonyl (C=O) groups excluding carboxylic acids is 2. The maximum absolute atomic E-state index is 12.6. The zero-order chi connectivity index (χ0) is 18.5. The van der Waals surface area contributed by atoms with Gasteiger partial charge in [-0.05, 0) is 42.5 Å². The third kappa shape index (κ3) is 4.13. The van der Waals surface area contributed by atoms with Gasteiger partial charge in [0.2, 0.25) is 11.8 Å². The van der Waals surface area contributed by atoms with Crippen LogP contribution in [0.25, 0.3) is 0 Å². The van der Waals surface area contributed by atoms with Gasteiger partial charge in [-0.25, -0.2) is 0 Å². The number of hydrogen-bond acceptors (Lipinski definition) is 2. The average molecular weight is 350 g/mol. The number of aryl methyl sites for hydroxylation is 1. The van der Waals surface area contributed by atoms with Crippen molar-refractivity contribution in [2.45, 2.75) is 39.2 Å². The van der Waals surface area contributed by atoms with Gasteiger partial charge in [0.15, 0.2) is 0 Å². The summed E-state index contributed by atoms with van der Waals surface area (Å²) in [5.41, 5.74) is 3.24. The van der Waals surface area contributed by atoms with Crippen LogP contribution in [0.5, 0.6) is 0 Å². The topological polar surface area (TPSA) is 49.4 Å². The van der Waals surface area contributed by atoms with Gasteiger partial charge in [0.1, 0.15) is 0 Å². The van der Waals surface area contributed by atoms with E-state index in [1.165, 1.54) is 5.56 Å². The molecular weight excluding hydrogens is 324 g/mol. The van der Waals surface area contributed by atoms with E-state index >= 15 is 0 Å². The Morgan fingerprint density at radius 3 is 2.35 bits per heavy atom. The molecule has 0 saturated carbocycles. The Morgan fingerprint density at radius 2 is 1.73 bits per heavy atom. The molecule has 2 amide bonds. The fraction of sp³-hybridized carbons (Fsp3) is 0.364. The van der Waals surface area contributed by atoms with E-state index in [4.69, 9.17) is 0 Å². The van der Waals surface area contributed by atoms with Crippen LogP contribution in [0.2, 0.25) is 0 Å². The second-order valence-electron chi connectivity index (χ2n) is 6.91. The van der Waals surface area contributed by atoms with Gasteiger partial charge in [-0.2, -0.15) is 0 Å². The lowest BCUT2D eigenvalue weighted by Gasteiger charge is -2.39. The van der Waals surface area contributed by atoms with Gasteiger partial charge >= 0.3 is 0 Å². The lowest BCUT2D eigenvalue weighted by molar-refractivity contribution is -0.135. The number of carbonyl (C=O) groups is 2. The molecule has 2 aromatic rings. The van der Waals surface area contributed by atoms with Gasteiger partial charge in [0, 0.05) is 19.2 Å². The van der Waals surface area contributed by atoms with Crippen molar-refractivity contribution in [3.8, 4) is 0 Å². The maximum atomic E-state index is 12.6. The van der Waals surface area contributed by atoms with Gasteiger partial charge in [-0.15, -0.1) is 0 Å². The Labute approximate surface area is 155 Å². The van der Waals surface area contributed by atoms with E-state index in [1.54, 1.807) is 6.92 Å². The third-order valence-electron chi connectivity index (χ3n) is 5.17. The molecule has 0 bridgehead atoms. The molecule has 1 aliphatic rings. The van der Waals surface area contributed by atoms with E-state index in [0.717, 1.165) is 30.5 Å². The Morgan fingerprint density at radius 1 is 1.04 bits per heavy atom. The molecule has 2 aromatic carbocycles. The summed E-state index contributed by atoms with van der Waals surface area (Å²) in [4.78, 5) is 26.7. The first kappa shape index (κ1) is 18.2. The quantitative estimate of drug-likeness (QED) is 0.899. The molecule has 4 nitrogen and oxygen atoms in total. The smallest absolute Gasteiger partial charge is 0.229 e. The van der Waals surface area contributed by atoms with Crippen LogP contribution >= 0.6 is 0 Å². The number of benzene rings is 2. The van der Waals surface area contributed by atoms with Crippen molar-refractivity contribution in [1.82, 2.24) is 4.90 Å². The van der Waals surface area contributed by atoms with Crippen LogP contribution < -0.4 is 5.32 Å². The summed E-state index contributed by atoms with van der Waals surface area (Å²) in [5, 5.41) is 2.96. The monoisotopic (exact) mass is 350 g/mol. The number of anilines is 1. The van der Waals surface area contributed by atoms with E-state index in [1.807, 2.05) is 35.2 Å². The Bertz CT molecular complexity index is 755. The summed E-state index contributed by atoms with van der Waals surface area (Å²) in [6, 6.07) is 18.0. The van der Waals surface area contributed by atoms with Crippen molar-refractivity contribution in [1.29, 1.82) is 0 Å². The number of rotatable bonds is 4. The first-order valence-corrected chi connectivity index (χ1v) is 9.30. The number of para-hydroxylation sites is 1. The third-order valence-corrected chi connectivity index (χ3v) is 5.17. The molecule has 4 heteroatoms. The molecule has 0 radical (unpaired) electrons. The Balaban J connectivity index is 1.71. The highest BCUT2D eigenvalue weighted by Crippen LogP contribution is 2.34. The van der Waals surface area contributed by atoms with Crippen LogP contribution in [-0.4, -0.2) is 23.3 Å². The van der Waals surface area contributed by atoms with Crippen molar-refractivity contribution in [3.63, 3.8) is 0 Å². The van der Waals surface area contributed by atoms with Crippen molar-refractivity contribution in [2.24, 2.45) is 5.92 Å². The zero-order valence-electron chi connectivity index (χ0n) is 15.4. The van der Waals surface area contributed by atoms with Crippen molar-refractivity contribution < 1.29 is 9.59 Å². The molecule has 0 spiro atoms. The molecule has 0 aliphatic carbocycles. The standard InChI is InChI=1S/C22H26N2O2/c1-3-17-9-11-18(12-10-17)21-14-13-19(15-24(21)16(2)25)22(26)23-20-7-5-4-6-8-20/h4-12,19,21H,3,13-15H2,1-2H3,(H,23,26). The van der Waals surface area contributed by atoms with E-state index in [9.17, 15) is 9.59 Å². The molecule has 136 valence electrons. The Hall–Kier alpha value is -2.62. The van der Waals surface area contributed by atoms with Gasteiger partial charge in [-0.3, -0.25) is 9.59 Å². The number of hydrogen-bond donors (Lipinski definition) is 1. The van der Waals surface area contributed by atoms with Crippen LogP contribution in [0.1, 0.15) is 43.9 Å². The van der Waals surface area contributed by atoms with E-state index < -0.39 is 0 Å². The molecule has 1 N–H and O–H groups in total. The van der Waals surface area contributed by atoms with Crippen LogP contribution in [0, 0.1) is 5.92 Å². The lowest BCUT2D eigenvalue weighted by Crippen LogP contribution is -2.44. The first-order chi connectivity index (χ1) is 12.6. The van der Waals surface area contributed by atoms with Crippen molar-refractivity contribution in [3.05, 3.63) is 65.7 Å². The average Bonchev–Trinajstić information content (AvgIpc) is 2.68. The highest BCUT2D eigenvalue weighted by atomic mass is 16.2. The Kier molecular flexibility index (Phi) is 5.71. The molecule has 1 saturated heterocycles. The molecule has 1 aliphatic heterocycles. The van der Waals surface area contributed by atoms with Crippen LogP contribution in [0.4, 0.5) is 5.69 Å². The molecule has 1 fully saturated rings. The predicted molar refractivity (Wildman–Crippen MR) is 104 cm³/mol. The van der Waals surface area contributed by atoms with Gasteiger partial charge in [0.05, 0.1) is 12.0 Å². The van der Waals surface area contributed by atoms with Crippen LogP contribution in [0.15, 0.2) is 54.6 Å². The molecule has 26 heavy (non-hydrogen) atoms. The summed E-state index contributed by atoms with van der Waals surface area (Å²) < 4.78 is 0. The number of amides is 2. The number of piperidine rings is 1. The number of likely N-dealkylation sites (tertiary alicyclic amines) is 1. The summed E-state index contributed by atoms with van der Waals surface area (Å²) in [5.74, 6) is -0.167. The zero-order valence-corrected chi connectivity index (χ0v) is 15.4. The second kappa shape index (κ2) is 8.17. The van der Waals surface area contributed by atoms with Crippen LogP contribution in [-0.2, 0) is 16.0 Å². The van der Waals surface area contributed by atoms with Crippen molar-refractivity contribution in [2.75, 3.05) is 11.9 Å². The van der Waals surface area contributed by atoms with E-state index in [0.29, 0.717) is 6.54 Å². The van der Waals surface area contributed by atoms with Crippen LogP contribution in [0.3, 0.4) is 0 Å². The minimum atomic E-state index is -0.176. The minimum absolute atomic E-state index is 0.0118. The second-order valence-corrected chi connectivity index (χ2v) is 6.91. The molecular formula is C22H26N2O2. The van der Waals surface area contributed by atoms with Gasteiger partial charge in [0.25, 0.3) is 0 Å². The van der Waals surface area contributed by atoms with Crippen molar-refractivity contribution >= 4 is 17.5 Å². The number of nitrogens with zero attached hydrogens (tertiary/aromatic N) is 1. The predicted octanol–water partition coefficient (Wildman–Crippen LogP) is 4.19. The first-order valence-electron chi connectivity index (χ1n) is 9.30. The molecule has 1 heterocycles. The summed E-state index contributed by atoms with van der Waals surface area (Å²) in [6.45, 7) is 4.19. The minimum Gasteiger partial charge on any atom is -0.335 e. The maximum Gasteiger partial charge on any atom is 0.229 e. The normalized spacial score (nSPS) is 19.8. The summed E-state index contributed by atoms with van der Waals surface area (Å²) in [7, 11) is 0. The largest absolute Gasteiger partial charge is 0.335 e. The molecule has 3 rings (SSSR count). The fourth-order valence-electron chi connectivity index (χ4n) is 3.62. The number of nitrogens with one attached hydrogen (secondary N) is 1. The van der Waals surface area contributed by atoms with Gasteiger partial charge in [-0.1, -0.05) is 49.4 Å². The highest BCUT2D eigenvalue weighted by Gasteiger charge is 2.34. The van der Waals surface area contributed by atoms with E-state index in [-0.39, 0.29) is 23.8 Å². The molecule has 0 aromatic heterocycles. The molecule has 2 atom stereocenters. The SMILES string of the molecule is CCc1ccc(C2CCC(C(=O)Nc3ccccc3)CN2C(C)=O)cc1. The van der Waals surface area contributed by atoms with Gasteiger partial charge < -0.3 is 10.2 Å².